The minimum absolute atomic E-state index is 0.204. The van der Waals surface area contributed by atoms with Crippen molar-refractivity contribution in [3.8, 4) is 5.69 Å². The average Bonchev–Trinajstić information content (AvgIpc) is 3.12. The standard InChI is InChI=1S/C22H24N4OS/c27-21(20-15-23-22(28)26(20)19-9-5-2-6-10-19)25-18-13-11-17(12-14-18)24-16-7-3-1-4-8-16/h2,5-6,9-16,24H,1,3-4,7-8H2,(H,23,28)(H,25,27). The van der Waals surface area contributed by atoms with E-state index in [1.807, 2.05) is 54.6 Å². The predicted molar refractivity (Wildman–Crippen MR) is 116 cm³/mol. The molecule has 4 rings (SSSR count). The molecule has 1 heterocycles. The molecule has 3 N–H and O–H groups in total. The first-order chi connectivity index (χ1) is 13.7. The molecule has 144 valence electrons. The largest absolute Gasteiger partial charge is 0.382 e. The van der Waals surface area contributed by atoms with Crippen LogP contribution in [-0.2, 0) is 0 Å². The lowest BCUT2D eigenvalue weighted by atomic mass is 9.95. The Kier molecular flexibility index (Phi) is 5.58. The molecule has 1 fully saturated rings. The highest BCUT2D eigenvalue weighted by Crippen LogP contribution is 2.23. The molecule has 1 amide bonds. The zero-order valence-electron chi connectivity index (χ0n) is 15.7. The monoisotopic (exact) mass is 392 g/mol. The summed E-state index contributed by atoms with van der Waals surface area (Å²) in [6.07, 6.45) is 8.05. The lowest BCUT2D eigenvalue weighted by Crippen LogP contribution is -2.22. The van der Waals surface area contributed by atoms with Gasteiger partial charge in [0.1, 0.15) is 5.69 Å². The fraction of sp³-hybridized carbons (Fsp3) is 0.273. The van der Waals surface area contributed by atoms with Crippen LogP contribution in [0.1, 0.15) is 42.6 Å². The topological polar surface area (TPSA) is 61.9 Å². The zero-order chi connectivity index (χ0) is 19.3. The number of hydrogen-bond acceptors (Lipinski definition) is 3. The summed E-state index contributed by atoms with van der Waals surface area (Å²) in [5.41, 5.74) is 3.18. The minimum Gasteiger partial charge on any atom is -0.382 e. The molecule has 1 aromatic heterocycles. The number of nitrogens with one attached hydrogen (secondary N) is 3. The molecule has 0 atom stereocenters. The van der Waals surface area contributed by atoms with E-state index in [-0.39, 0.29) is 5.91 Å². The van der Waals surface area contributed by atoms with Crippen LogP contribution in [0.15, 0.2) is 60.8 Å². The molecule has 3 aromatic rings. The van der Waals surface area contributed by atoms with Gasteiger partial charge >= 0.3 is 0 Å². The Balaban J connectivity index is 1.46. The van der Waals surface area contributed by atoms with Crippen LogP contribution in [-0.4, -0.2) is 21.5 Å². The highest BCUT2D eigenvalue weighted by atomic mass is 32.1. The van der Waals surface area contributed by atoms with E-state index in [0.717, 1.165) is 17.1 Å². The van der Waals surface area contributed by atoms with Gasteiger partial charge in [0.2, 0.25) is 0 Å². The van der Waals surface area contributed by atoms with Crippen molar-refractivity contribution in [2.75, 3.05) is 10.6 Å². The fourth-order valence-electron chi connectivity index (χ4n) is 3.70. The molecule has 5 nitrogen and oxygen atoms in total. The van der Waals surface area contributed by atoms with Crippen LogP contribution in [0.5, 0.6) is 0 Å². The van der Waals surface area contributed by atoms with E-state index in [9.17, 15) is 4.79 Å². The van der Waals surface area contributed by atoms with Crippen molar-refractivity contribution in [3.63, 3.8) is 0 Å². The minimum atomic E-state index is -0.204. The molecular formula is C22H24N4OS. The van der Waals surface area contributed by atoms with E-state index in [1.165, 1.54) is 32.1 Å². The summed E-state index contributed by atoms with van der Waals surface area (Å²) >= 11 is 5.35. The van der Waals surface area contributed by atoms with Gasteiger partial charge in [-0.25, -0.2) is 0 Å². The van der Waals surface area contributed by atoms with E-state index in [4.69, 9.17) is 12.2 Å². The molecule has 0 unspecified atom stereocenters. The first-order valence-electron chi connectivity index (χ1n) is 9.74. The van der Waals surface area contributed by atoms with Crippen LogP contribution in [0.2, 0.25) is 0 Å². The van der Waals surface area contributed by atoms with Crippen molar-refractivity contribution in [1.82, 2.24) is 9.55 Å². The van der Waals surface area contributed by atoms with Crippen LogP contribution < -0.4 is 10.6 Å². The zero-order valence-corrected chi connectivity index (χ0v) is 16.5. The van der Waals surface area contributed by atoms with Crippen molar-refractivity contribution in [2.24, 2.45) is 0 Å². The summed E-state index contributed by atoms with van der Waals surface area (Å²) in [5.74, 6) is -0.204. The molecule has 1 aliphatic carbocycles. The van der Waals surface area contributed by atoms with Crippen LogP contribution in [0.3, 0.4) is 0 Å². The summed E-state index contributed by atoms with van der Waals surface area (Å²) < 4.78 is 2.23. The average molecular weight is 393 g/mol. The molecule has 0 radical (unpaired) electrons. The molecule has 0 saturated heterocycles. The number of para-hydroxylation sites is 1. The van der Waals surface area contributed by atoms with Gasteiger partial charge in [0.15, 0.2) is 4.77 Å². The highest BCUT2D eigenvalue weighted by Gasteiger charge is 2.15. The normalized spacial score (nSPS) is 14.6. The van der Waals surface area contributed by atoms with E-state index in [0.29, 0.717) is 16.5 Å². The number of H-pyrrole nitrogens is 1. The van der Waals surface area contributed by atoms with Crippen LogP contribution >= 0.6 is 12.2 Å². The third kappa shape index (κ3) is 4.17. The second-order valence-corrected chi connectivity index (χ2v) is 7.55. The first kappa shape index (κ1) is 18.5. The van der Waals surface area contributed by atoms with Gasteiger partial charge in [-0.15, -0.1) is 0 Å². The summed E-state index contributed by atoms with van der Waals surface area (Å²) in [7, 11) is 0. The third-order valence-electron chi connectivity index (χ3n) is 5.14. The smallest absolute Gasteiger partial charge is 0.274 e. The van der Waals surface area contributed by atoms with E-state index in [2.05, 4.69) is 15.6 Å². The molecule has 6 heteroatoms. The summed E-state index contributed by atoms with van der Waals surface area (Å²) in [6, 6.07) is 18.1. The number of amides is 1. The van der Waals surface area contributed by atoms with Crippen molar-refractivity contribution in [1.29, 1.82) is 0 Å². The van der Waals surface area contributed by atoms with E-state index >= 15 is 0 Å². The number of anilines is 2. The molecule has 0 spiro atoms. The second kappa shape index (κ2) is 8.44. The molecular weight excluding hydrogens is 368 g/mol. The molecule has 1 saturated carbocycles. The van der Waals surface area contributed by atoms with Gasteiger partial charge in [0.05, 0.1) is 0 Å². The van der Waals surface area contributed by atoms with Crippen molar-refractivity contribution in [2.45, 2.75) is 38.1 Å². The first-order valence-corrected chi connectivity index (χ1v) is 10.2. The quantitative estimate of drug-likeness (QED) is 0.500. The molecule has 1 aliphatic rings. The maximum Gasteiger partial charge on any atom is 0.274 e. The van der Waals surface area contributed by atoms with Gasteiger partial charge < -0.3 is 15.6 Å². The van der Waals surface area contributed by atoms with Crippen LogP contribution in [0.4, 0.5) is 11.4 Å². The lowest BCUT2D eigenvalue weighted by Gasteiger charge is -2.23. The number of aromatic amines is 1. The Bertz CT molecular complexity index is 985. The number of hydrogen-bond donors (Lipinski definition) is 3. The van der Waals surface area contributed by atoms with Crippen molar-refractivity contribution >= 4 is 29.5 Å². The van der Waals surface area contributed by atoms with Gasteiger partial charge in [-0.1, -0.05) is 37.5 Å². The third-order valence-corrected chi connectivity index (χ3v) is 5.44. The Morgan fingerprint density at radius 1 is 0.964 bits per heavy atom. The van der Waals surface area contributed by atoms with Crippen LogP contribution in [0.25, 0.3) is 5.69 Å². The van der Waals surface area contributed by atoms with Crippen molar-refractivity contribution in [3.05, 3.63) is 71.3 Å². The lowest BCUT2D eigenvalue weighted by molar-refractivity contribution is 0.102. The Hall–Kier alpha value is -2.86. The Labute approximate surface area is 169 Å². The predicted octanol–water partition coefficient (Wildman–Crippen LogP) is 5.53. The maximum atomic E-state index is 12.8. The van der Waals surface area contributed by atoms with Gasteiger partial charge in [-0.2, -0.15) is 0 Å². The number of aromatic nitrogens is 2. The Morgan fingerprint density at radius 3 is 2.36 bits per heavy atom. The van der Waals surface area contributed by atoms with Gasteiger partial charge in [-0.3, -0.25) is 9.36 Å². The van der Waals surface area contributed by atoms with Gasteiger partial charge in [-0.05, 0) is 61.5 Å². The van der Waals surface area contributed by atoms with Gasteiger partial charge in [0.25, 0.3) is 5.91 Å². The number of imidazole rings is 1. The van der Waals surface area contributed by atoms with Crippen molar-refractivity contribution < 1.29 is 4.79 Å². The highest BCUT2D eigenvalue weighted by molar-refractivity contribution is 7.71. The molecule has 0 bridgehead atoms. The maximum absolute atomic E-state index is 12.8. The number of rotatable bonds is 5. The van der Waals surface area contributed by atoms with E-state index < -0.39 is 0 Å². The molecule has 0 aliphatic heterocycles. The summed E-state index contributed by atoms with van der Waals surface area (Å²) in [5, 5.41) is 6.55. The van der Waals surface area contributed by atoms with E-state index in [1.54, 1.807) is 10.8 Å². The van der Waals surface area contributed by atoms with Gasteiger partial charge in [0, 0.05) is 29.3 Å². The number of carbonyl (C=O) groups excluding carboxylic acids is 1. The second-order valence-electron chi connectivity index (χ2n) is 7.16. The molecule has 28 heavy (non-hydrogen) atoms. The number of nitrogens with zero attached hydrogens (tertiary/aromatic N) is 1. The Morgan fingerprint density at radius 2 is 1.64 bits per heavy atom. The summed E-state index contributed by atoms with van der Waals surface area (Å²) in [6.45, 7) is 0. The number of benzene rings is 2. The SMILES string of the molecule is O=C(Nc1ccc(NC2CCCCC2)cc1)c1c[nH]c(=S)n1-c1ccccc1. The number of carbonyl (C=O) groups is 1. The molecule has 2 aromatic carbocycles. The fourth-order valence-corrected chi connectivity index (χ4v) is 3.96. The van der Waals surface area contributed by atoms with Crippen LogP contribution in [0, 0.1) is 4.77 Å². The summed E-state index contributed by atoms with van der Waals surface area (Å²) in [4.78, 5) is 15.8.